The third-order valence-corrected chi connectivity index (χ3v) is 1.64. The number of rotatable bonds is 1. The van der Waals surface area contributed by atoms with Crippen molar-refractivity contribution in [3.05, 3.63) is 41.2 Å². The van der Waals surface area contributed by atoms with Crippen LogP contribution >= 0.6 is 0 Å². The molecule has 1 aromatic carbocycles. The van der Waals surface area contributed by atoms with Crippen molar-refractivity contribution in [1.29, 1.82) is 0 Å². The van der Waals surface area contributed by atoms with Gasteiger partial charge in [-0.2, -0.15) is 13.2 Å². The van der Waals surface area contributed by atoms with Crippen LogP contribution in [0.25, 0.3) is 6.08 Å². The molecule has 4 heteroatoms. The van der Waals surface area contributed by atoms with Gasteiger partial charge in [0.15, 0.2) is 0 Å². The zero-order valence-corrected chi connectivity index (χ0v) is 7.40. The van der Waals surface area contributed by atoms with Crippen LogP contribution in [0.2, 0.25) is 0 Å². The second-order valence-corrected chi connectivity index (χ2v) is 2.90. The fourth-order valence-corrected chi connectivity index (χ4v) is 0.891. The summed E-state index contributed by atoms with van der Waals surface area (Å²) in [7, 11) is 0. The maximum Gasteiger partial charge on any atom is 0.442 e. The van der Waals surface area contributed by atoms with E-state index in [1.54, 1.807) is 19.1 Å². The molecule has 0 aliphatic carbocycles. The molecule has 0 N–H and O–H groups in total. The molecule has 76 valence electrons. The molecule has 0 bridgehead atoms. The van der Waals surface area contributed by atoms with E-state index in [1.807, 2.05) is 0 Å². The first-order valence-corrected chi connectivity index (χ1v) is 3.90. The highest BCUT2D eigenvalue weighted by atomic mass is 19.4. The summed E-state index contributed by atoms with van der Waals surface area (Å²) in [6.45, 7) is 1.80. The Balaban J connectivity index is 2.93. The number of allylic oxidation sites excluding steroid dienone is 1. The lowest BCUT2D eigenvalue weighted by atomic mass is 10.1. The molecule has 14 heavy (non-hydrogen) atoms. The molecular weight excluding hydrogens is 196 g/mol. The molecule has 0 heterocycles. The summed E-state index contributed by atoms with van der Waals surface area (Å²) in [4.78, 5) is 0. The SMILES string of the molecule is Cc1ccc(/C=C(\F)C(F)(F)F)cc1. The molecule has 0 saturated heterocycles. The van der Waals surface area contributed by atoms with Gasteiger partial charge in [0.05, 0.1) is 0 Å². The predicted octanol–water partition coefficient (Wildman–Crippen LogP) is 3.87. The minimum absolute atomic E-state index is 0.199. The van der Waals surface area contributed by atoms with Gasteiger partial charge in [0.2, 0.25) is 5.83 Å². The average Bonchev–Trinajstić information content (AvgIpc) is 2.07. The van der Waals surface area contributed by atoms with Crippen LogP contribution in [0, 0.1) is 6.92 Å². The lowest BCUT2D eigenvalue weighted by molar-refractivity contribution is -0.107. The number of benzene rings is 1. The molecule has 0 aliphatic rings. The van der Waals surface area contributed by atoms with Crippen LogP contribution in [-0.2, 0) is 0 Å². The largest absolute Gasteiger partial charge is 0.442 e. The van der Waals surface area contributed by atoms with E-state index in [0.717, 1.165) is 5.56 Å². The molecule has 1 aromatic rings. The Bertz CT molecular complexity index is 332. The van der Waals surface area contributed by atoms with Crippen LogP contribution in [0.1, 0.15) is 11.1 Å². The summed E-state index contributed by atoms with van der Waals surface area (Å²) in [6.07, 6.45) is -4.43. The highest BCUT2D eigenvalue weighted by Gasteiger charge is 2.34. The number of aryl methyl sites for hydroxylation is 1. The van der Waals surface area contributed by atoms with Crippen LogP contribution in [0.5, 0.6) is 0 Å². The van der Waals surface area contributed by atoms with E-state index < -0.39 is 12.0 Å². The Hall–Kier alpha value is -1.32. The van der Waals surface area contributed by atoms with Crippen molar-refractivity contribution in [3.63, 3.8) is 0 Å². The Kier molecular flexibility index (Phi) is 2.93. The van der Waals surface area contributed by atoms with Gasteiger partial charge < -0.3 is 0 Å². The van der Waals surface area contributed by atoms with Gasteiger partial charge in [0, 0.05) is 0 Å². The lowest BCUT2D eigenvalue weighted by Crippen LogP contribution is -2.07. The summed E-state index contributed by atoms with van der Waals surface area (Å²) >= 11 is 0. The zero-order chi connectivity index (χ0) is 10.8. The molecule has 0 amide bonds. The quantitative estimate of drug-likeness (QED) is 0.609. The Morgan fingerprint density at radius 3 is 2.07 bits per heavy atom. The third kappa shape index (κ3) is 2.87. The fraction of sp³-hybridized carbons (Fsp3) is 0.200. The van der Waals surface area contributed by atoms with Crippen LogP contribution in [0.4, 0.5) is 17.6 Å². The molecule has 0 spiro atoms. The van der Waals surface area contributed by atoms with Gasteiger partial charge in [0.1, 0.15) is 0 Å². The molecule has 0 atom stereocenters. The Morgan fingerprint density at radius 1 is 1.14 bits per heavy atom. The summed E-state index contributed by atoms with van der Waals surface area (Å²) in [6, 6.07) is 6.10. The summed E-state index contributed by atoms with van der Waals surface area (Å²) in [5.74, 6) is -2.08. The van der Waals surface area contributed by atoms with E-state index in [1.165, 1.54) is 12.1 Å². The number of hydrogen-bond donors (Lipinski definition) is 0. The Labute approximate surface area is 78.9 Å². The molecule has 0 aromatic heterocycles. The van der Waals surface area contributed by atoms with Crippen LogP contribution in [0.15, 0.2) is 30.1 Å². The van der Waals surface area contributed by atoms with E-state index >= 15 is 0 Å². The summed E-state index contributed by atoms with van der Waals surface area (Å²) in [5, 5.41) is 0. The van der Waals surface area contributed by atoms with Gasteiger partial charge in [-0.3, -0.25) is 0 Å². The first-order chi connectivity index (χ1) is 6.39. The summed E-state index contributed by atoms with van der Waals surface area (Å²) < 4.78 is 47.7. The monoisotopic (exact) mass is 204 g/mol. The van der Waals surface area contributed by atoms with Crippen molar-refractivity contribution in [1.82, 2.24) is 0 Å². The standard InChI is InChI=1S/C10H8F4/c1-7-2-4-8(5-3-7)6-9(11)10(12,13)14/h2-6H,1H3/b9-6-. The zero-order valence-electron chi connectivity index (χ0n) is 7.40. The minimum Gasteiger partial charge on any atom is -0.202 e. The lowest BCUT2D eigenvalue weighted by Gasteiger charge is -2.02. The van der Waals surface area contributed by atoms with Crippen molar-refractivity contribution < 1.29 is 17.6 Å². The van der Waals surface area contributed by atoms with Crippen molar-refractivity contribution in [2.24, 2.45) is 0 Å². The smallest absolute Gasteiger partial charge is 0.202 e. The summed E-state index contributed by atoms with van der Waals surface area (Å²) in [5.41, 5.74) is 1.11. The van der Waals surface area contributed by atoms with Crippen LogP contribution < -0.4 is 0 Å². The molecule has 0 nitrogen and oxygen atoms in total. The first-order valence-electron chi connectivity index (χ1n) is 3.90. The molecule has 0 saturated carbocycles. The minimum atomic E-state index is -4.90. The molecule has 0 fully saturated rings. The van der Waals surface area contributed by atoms with Crippen molar-refractivity contribution in [2.45, 2.75) is 13.1 Å². The van der Waals surface area contributed by atoms with Gasteiger partial charge in [-0.1, -0.05) is 29.8 Å². The number of alkyl halides is 3. The van der Waals surface area contributed by atoms with E-state index in [4.69, 9.17) is 0 Å². The fourth-order valence-electron chi connectivity index (χ4n) is 0.891. The maximum atomic E-state index is 12.4. The molecule has 0 aliphatic heterocycles. The number of hydrogen-bond acceptors (Lipinski definition) is 0. The molecular formula is C10H8F4. The number of halogens is 4. The maximum absolute atomic E-state index is 12.4. The third-order valence-electron chi connectivity index (χ3n) is 1.64. The van der Waals surface area contributed by atoms with Crippen LogP contribution in [-0.4, -0.2) is 6.18 Å². The van der Waals surface area contributed by atoms with Gasteiger partial charge in [-0.05, 0) is 18.6 Å². The van der Waals surface area contributed by atoms with Gasteiger partial charge in [-0.15, -0.1) is 0 Å². The van der Waals surface area contributed by atoms with E-state index in [9.17, 15) is 17.6 Å². The van der Waals surface area contributed by atoms with Crippen molar-refractivity contribution in [3.8, 4) is 0 Å². The van der Waals surface area contributed by atoms with Gasteiger partial charge in [0.25, 0.3) is 0 Å². The highest BCUT2D eigenvalue weighted by molar-refractivity contribution is 5.52. The molecule has 0 unspecified atom stereocenters. The first kappa shape index (κ1) is 10.8. The predicted molar refractivity (Wildman–Crippen MR) is 46.3 cm³/mol. The normalized spacial score (nSPS) is 13.1. The molecule has 1 rings (SSSR count). The topological polar surface area (TPSA) is 0 Å². The van der Waals surface area contributed by atoms with Crippen molar-refractivity contribution >= 4 is 6.08 Å². The van der Waals surface area contributed by atoms with Crippen LogP contribution in [0.3, 0.4) is 0 Å². The van der Waals surface area contributed by atoms with E-state index in [0.29, 0.717) is 6.08 Å². The van der Waals surface area contributed by atoms with Gasteiger partial charge in [-0.25, -0.2) is 4.39 Å². The Morgan fingerprint density at radius 2 is 1.64 bits per heavy atom. The van der Waals surface area contributed by atoms with E-state index in [2.05, 4.69) is 0 Å². The second kappa shape index (κ2) is 3.82. The van der Waals surface area contributed by atoms with Gasteiger partial charge >= 0.3 is 6.18 Å². The average molecular weight is 204 g/mol. The second-order valence-electron chi connectivity index (χ2n) is 2.90. The molecule has 0 radical (unpaired) electrons. The highest BCUT2D eigenvalue weighted by Crippen LogP contribution is 2.28. The van der Waals surface area contributed by atoms with Crippen molar-refractivity contribution in [2.75, 3.05) is 0 Å². The van der Waals surface area contributed by atoms with E-state index in [-0.39, 0.29) is 5.56 Å².